The van der Waals surface area contributed by atoms with E-state index in [1.54, 1.807) is 18.2 Å². The molecule has 1 N–H and O–H groups in total. The quantitative estimate of drug-likeness (QED) is 0.622. The Labute approximate surface area is 161 Å². The van der Waals surface area contributed by atoms with Gasteiger partial charge in [-0.15, -0.1) is 0 Å². The number of halogens is 4. The number of ether oxygens (including phenoxy) is 1. The molecule has 9 heteroatoms. The summed E-state index contributed by atoms with van der Waals surface area (Å²) in [6, 6.07) is 10.1. The molecule has 0 aliphatic rings. The Morgan fingerprint density at radius 2 is 1.86 bits per heavy atom. The lowest BCUT2D eigenvalue weighted by atomic mass is 10.2. The van der Waals surface area contributed by atoms with E-state index < -0.39 is 29.4 Å². The van der Waals surface area contributed by atoms with Crippen LogP contribution in [0.5, 0.6) is 5.75 Å². The van der Waals surface area contributed by atoms with Crippen LogP contribution in [-0.2, 0) is 11.0 Å². The van der Waals surface area contributed by atoms with Crippen LogP contribution in [0.3, 0.4) is 0 Å². The van der Waals surface area contributed by atoms with Crippen molar-refractivity contribution in [1.82, 2.24) is 0 Å². The normalized spacial score (nSPS) is 12.6. The topological polar surface area (TPSA) is 68.5 Å². The molecular formula is C19H13ClF3NO4. The SMILES string of the molecule is C[C@H](Oc1ccc2ccc(=O)oc2c1)C(=O)Nc1cc(C(F)(F)F)ccc1Cl. The van der Waals surface area contributed by atoms with E-state index in [-0.39, 0.29) is 22.0 Å². The minimum Gasteiger partial charge on any atom is -0.481 e. The number of fused-ring (bicyclic) bond motifs is 1. The Morgan fingerprint density at radius 3 is 2.57 bits per heavy atom. The number of benzene rings is 2. The van der Waals surface area contributed by atoms with Crippen molar-refractivity contribution in [1.29, 1.82) is 0 Å². The first-order chi connectivity index (χ1) is 13.1. The number of carbonyl (C=O) groups excluding carboxylic acids is 1. The molecule has 0 unspecified atom stereocenters. The van der Waals surface area contributed by atoms with Crippen molar-refractivity contribution < 1.29 is 27.1 Å². The number of rotatable bonds is 4. The van der Waals surface area contributed by atoms with Gasteiger partial charge in [0, 0.05) is 17.5 Å². The second-order valence-corrected chi connectivity index (χ2v) is 6.30. The van der Waals surface area contributed by atoms with E-state index in [1.165, 1.54) is 19.1 Å². The van der Waals surface area contributed by atoms with Gasteiger partial charge in [-0.05, 0) is 43.3 Å². The number of carbonyl (C=O) groups is 1. The van der Waals surface area contributed by atoms with Crippen LogP contribution in [0, 0.1) is 0 Å². The van der Waals surface area contributed by atoms with Gasteiger partial charge in [-0.3, -0.25) is 4.79 Å². The van der Waals surface area contributed by atoms with Gasteiger partial charge in [0.15, 0.2) is 6.10 Å². The highest BCUT2D eigenvalue weighted by atomic mass is 35.5. The number of anilines is 1. The fraction of sp³-hybridized carbons (Fsp3) is 0.158. The second kappa shape index (κ2) is 7.55. The maximum absolute atomic E-state index is 12.8. The number of hydrogen-bond acceptors (Lipinski definition) is 4. The Bertz CT molecular complexity index is 1090. The summed E-state index contributed by atoms with van der Waals surface area (Å²) in [6.45, 7) is 1.42. The van der Waals surface area contributed by atoms with Crippen molar-refractivity contribution in [3.8, 4) is 5.75 Å². The van der Waals surface area contributed by atoms with Crippen LogP contribution in [0.15, 0.2) is 57.7 Å². The van der Waals surface area contributed by atoms with Crippen molar-refractivity contribution in [3.63, 3.8) is 0 Å². The largest absolute Gasteiger partial charge is 0.481 e. The molecule has 5 nitrogen and oxygen atoms in total. The summed E-state index contributed by atoms with van der Waals surface area (Å²) < 4.78 is 49.0. The minimum absolute atomic E-state index is 0.0407. The first kappa shape index (κ1) is 19.8. The Balaban J connectivity index is 1.76. The van der Waals surface area contributed by atoms with Crippen LogP contribution < -0.4 is 15.7 Å². The van der Waals surface area contributed by atoms with Gasteiger partial charge in [-0.2, -0.15) is 13.2 Å². The average molecular weight is 412 g/mol. The highest BCUT2D eigenvalue weighted by Crippen LogP contribution is 2.34. The number of hydrogen-bond donors (Lipinski definition) is 1. The lowest BCUT2D eigenvalue weighted by Crippen LogP contribution is -2.30. The molecule has 146 valence electrons. The van der Waals surface area contributed by atoms with Crippen molar-refractivity contribution in [2.24, 2.45) is 0 Å². The average Bonchev–Trinajstić information content (AvgIpc) is 2.62. The summed E-state index contributed by atoms with van der Waals surface area (Å²) in [6.07, 6.45) is -5.63. The fourth-order valence-corrected chi connectivity index (χ4v) is 2.57. The summed E-state index contributed by atoms with van der Waals surface area (Å²) in [5, 5.41) is 2.95. The third-order valence-corrected chi connectivity index (χ3v) is 4.16. The van der Waals surface area contributed by atoms with Gasteiger partial charge in [0.2, 0.25) is 0 Å². The van der Waals surface area contributed by atoms with Crippen LogP contribution in [0.1, 0.15) is 12.5 Å². The number of nitrogens with one attached hydrogen (secondary N) is 1. The lowest BCUT2D eigenvalue weighted by Gasteiger charge is -2.16. The fourth-order valence-electron chi connectivity index (χ4n) is 2.40. The molecule has 0 bridgehead atoms. The van der Waals surface area contributed by atoms with Crippen molar-refractivity contribution >= 4 is 34.2 Å². The van der Waals surface area contributed by atoms with Gasteiger partial charge < -0.3 is 14.5 Å². The molecule has 3 rings (SSSR count). The van der Waals surface area contributed by atoms with Gasteiger partial charge in [0.25, 0.3) is 5.91 Å². The van der Waals surface area contributed by atoms with Crippen molar-refractivity contribution in [2.75, 3.05) is 5.32 Å². The van der Waals surface area contributed by atoms with E-state index in [0.29, 0.717) is 5.39 Å². The zero-order valence-electron chi connectivity index (χ0n) is 14.3. The van der Waals surface area contributed by atoms with Gasteiger partial charge in [-0.1, -0.05) is 11.6 Å². The maximum atomic E-state index is 12.8. The molecule has 0 aliphatic carbocycles. The van der Waals surface area contributed by atoms with Gasteiger partial charge in [0.05, 0.1) is 16.3 Å². The summed E-state index contributed by atoms with van der Waals surface area (Å²) in [4.78, 5) is 23.6. The summed E-state index contributed by atoms with van der Waals surface area (Å²) in [5.41, 5.74) is -1.38. The lowest BCUT2D eigenvalue weighted by molar-refractivity contribution is -0.137. The van der Waals surface area contributed by atoms with E-state index in [9.17, 15) is 22.8 Å². The molecule has 0 radical (unpaired) electrons. The van der Waals surface area contributed by atoms with Crippen LogP contribution in [0.2, 0.25) is 5.02 Å². The van der Waals surface area contributed by atoms with Crippen LogP contribution in [-0.4, -0.2) is 12.0 Å². The Hall–Kier alpha value is -3.00. The smallest absolute Gasteiger partial charge is 0.416 e. The molecule has 1 heterocycles. The molecule has 0 spiro atoms. The first-order valence-electron chi connectivity index (χ1n) is 8.02. The summed E-state index contributed by atoms with van der Waals surface area (Å²) >= 11 is 5.87. The number of amides is 1. The Kier molecular flexibility index (Phi) is 5.33. The Morgan fingerprint density at radius 1 is 1.14 bits per heavy atom. The third-order valence-electron chi connectivity index (χ3n) is 3.83. The highest BCUT2D eigenvalue weighted by molar-refractivity contribution is 6.33. The first-order valence-corrected chi connectivity index (χ1v) is 8.39. The van der Waals surface area contributed by atoms with Crippen molar-refractivity contribution in [2.45, 2.75) is 19.2 Å². The minimum atomic E-state index is -4.57. The molecule has 0 saturated carbocycles. The van der Waals surface area contributed by atoms with E-state index in [1.807, 2.05) is 0 Å². The zero-order valence-corrected chi connectivity index (χ0v) is 15.1. The standard InChI is InChI=1S/C19H13ClF3NO4/c1-10(27-13-5-2-11-3-7-17(25)28-16(11)9-13)18(26)24-15-8-12(19(21,22)23)4-6-14(15)20/h2-10H,1H3,(H,24,26)/t10-/m0/s1. The molecule has 1 aromatic heterocycles. The van der Waals surface area contributed by atoms with E-state index in [0.717, 1.165) is 18.2 Å². The van der Waals surface area contributed by atoms with E-state index in [2.05, 4.69) is 5.32 Å². The van der Waals surface area contributed by atoms with E-state index >= 15 is 0 Å². The summed E-state index contributed by atoms with van der Waals surface area (Å²) in [5.74, 6) is -0.449. The van der Waals surface area contributed by atoms with Crippen LogP contribution >= 0.6 is 11.6 Å². The molecule has 0 aliphatic heterocycles. The van der Waals surface area contributed by atoms with Gasteiger partial charge >= 0.3 is 11.8 Å². The highest BCUT2D eigenvalue weighted by Gasteiger charge is 2.31. The summed E-state index contributed by atoms with van der Waals surface area (Å²) in [7, 11) is 0. The molecule has 28 heavy (non-hydrogen) atoms. The van der Waals surface area contributed by atoms with Crippen molar-refractivity contribution in [3.05, 3.63) is 69.5 Å². The van der Waals surface area contributed by atoms with Gasteiger partial charge in [-0.25, -0.2) is 4.79 Å². The molecule has 0 fully saturated rings. The maximum Gasteiger partial charge on any atom is 0.416 e. The predicted molar refractivity (Wildman–Crippen MR) is 97.7 cm³/mol. The van der Waals surface area contributed by atoms with Crippen LogP contribution in [0.25, 0.3) is 11.0 Å². The number of alkyl halides is 3. The third kappa shape index (κ3) is 4.45. The molecule has 1 amide bonds. The van der Waals surface area contributed by atoms with Crippen LogP contribution in [0.4, 0.5) is 18.9 Å². The second-order valence-electron chi connectivity index (χ2n) is 5.90. The molecule has 0 saturated heterocycles. The molecule has 1 atom stereocenters. The van der Waals surface area contributed by atoms with Gasteiger partial charge in [0.1, 0.15) is 11.3 Å². The molecular weight excluding hydrogens is 399 g/mol. The zero-order chi connectivity index (χ0) is 20.5. The predicted octanol–water partition coefficient (Wildman–Crippen LogP) is 4.87. The monoisotopic (exact) mass is 411 g/mol. The van der Waals surface area contributed by atoms with E-state index in [4.69, 9.17) is 20.8 Å². The molecule has 3 aromatic rings. The molecule has 2 aromatic carbocycles.